The molecular weight excluding hydrogens is 202 g/mol. The lowest BCUT2D eigenvalue weighted by atomic mass is 10.1. The summed E-state index contributed by atoms with van der Waals surface area (Å²) in [5, 5.41) is 0. The highest BCUT2D eigenvalue weighted by Crippen LogP contribution is 2.26. The Hall–Kier alpha value is -1.55. The number of nitrogens with two attached hydrogens (primary N) is 1. The molecule has 2 aromatic rings. The first-order valence-electron chi connectivity index (χ1n) is 5.67. The predicted octanol–water partition coefficient (Wildman–Crippen LogP) is 1.61. The van der Waals surface area contributed by atoms with Gasteiger partial charge in [-0.05, 0) is 31.0 Å². The smallest absolute Gasteiger partial charge is 0.298 e. The molecule has 1 aliphatic heterocycles. The number of nitrogens with zero attached hydrogens (tertiary/aromatic N) is 2. The van der Waals surface area contributed by atoms with Crippen LogP contribution in [0.2, 0.25) is 0 Å². The van der Waals surface area contributed by atoms with E-state index in [4.69, 9.17) is 10.2 Å². The third kappa shape index (κ3) is 1.55. The van der Waals surface area contributed by atoms with Crippen LogP contribution in [-0.4, -0.2) is 24.6 Å². The van der Waals surface area contributed by atoms with Crippen molar-refractivity contribution in [3.05, 3.63) is 24.3 Å². The molecule has 0 bridgehead atoms. The largest absolute Gasteiger partial charge is 0.423 e. The summed E-state index contributed by atoms with van der Waals surface area (Å²) in [4.78, 5) is 6.66. The van der Waals surface area contributed by atoms with Gasteiger partial charge in [0.15, 0.2) is 5.58 Å². The number of oxazole rings is 1. The van der Waals surface area contributed by atoms with E-state index >= 15 is 0 Å². The van der Waals surface area contributed by atoms with E-state index in [0.717, 1.165) is 43.2 Å². The molecule has 0 aliphatic carbocycles. The van der Waals surface area contributed by atoms with Crippen LogP contribution in [0.25, 0.3) is 11.1 Å². The summed E-state index contributed by atoms with van der Waals surface area (Å²) in [6, 6.07) is 8.59. The molecule has 1 atom stereocenters. The number of rotatable bonds is 2. The normalized spacial score (nSPS) is 20.8. The average molecular weight is 217 g/mol. The van der Waals surface area contributed by atoms with Gasteiger partial charge in [0.25, 0.3) is 6.01 Å². The van der Waals surface area contributed by atoms with Crippen molar-refractivity contribution in [2.45, 2.75) is 6.42 Å². The van der Waals surface area contributed by atoms with Crippen molar-refractivity contribution >= 4 is 17.1 Å². The molecule has 2 heterocycles. The second-order valence-electron chi connectivity index (χ2n) is 4.30. The van der Waals surface area contributed by atoms with Crippen LogP contribution in [0.4, 0.5) is 6.01 Å². The van der Waals surface area contributed by atoms with Gasteiger partial charge in [0.2, 0.25) is 0 Å². The molecule has 16 heavy (non-hydrogen) atoms. The highest BCUT2D eigenvalue weighted by Gasteiger charge is 2.24. The summed E-state index contributed by atoms with van der Waals surface area (Å²) in [5.74, 6) is 0.579. The Labute approximate surface area is 94.0 Å². The van der Waals surface area contributed by atoms with Crippen LogP contribution in [0.5, 0.6) is 0 Å². The van der Waals surface area contributed by atoms with Crippen LogP contribution in [0.1, 0.15) is 6.42 Å². The molecule has 0 saturated carbocycles. The lowest BCUT2D eigenvalue weighted by molar-refractivity contribution is 0.569. The highest BCUT2D eigenvalue weighted by molar-refractivity contribution is 5.74. The number of benzene rings is 1. The summed E-state index contributed by atoms with van der Waals surface area (Å²) < 4.78 is 5.72. The van der Waals surface area contributed by atoms with E-state index < -0.39 is 0 Å². The summed E-state index contributed by atoms with van der Waals surface area (Å²) in [7, 11) is 0. The third-order valence-electron chi connectivity index (χ3n) is 3.17. The Balaban J connectivity index is 1.89. The number of anilines is 1. The first-order valence-corrected chi connectivity index (χ1v) is 5.67. The molecule has 1 aromatic heterocycles. The zero-order valence-electron chi connectivity index (χ0n) is 9.10. The van der Waals surface area contributed by atoms with E-state index in [1.807, 2.05) is 24.3 Å². The van der Waals surface area contributed by atoms with Gasteiger partial charge in [-0.25, -0.2) is 0 Å². The van der Waals surface area contributed by atoms with Crippen molar-refractivity contribution in [2.75, 3.05) is 24.5 Å². The Morgan fingerprint density at radius 3 is 3.06 bits per heavy atom. The minimum Gasteiger partial charge on any atom is -0.423 e. The van der Waals surface area contributed by atoms with Gasteiger partial charge in [0.05, 0.1) is 0 Å². The molecule has 0 spiro atoms. The summed E-state index contributed by atoms with van der Waals surface area (Å²) in [6.45, 7) is 2.70. The Bertz CT molecular complexity index is 461. The van der Waals surface area contributed by atoms with Crippen molar-refractivity contribution in [1.29, 1.82) is 0 Å². The van der Waals surface area contributed by atoms with E-state index in [1.54, 1.807) is 0 Å². The topological polar surface area (TPSA) is 55.3 Å². The molecule has 2 N–H and O–H groups in total. The fourth-order valence-corrected chi connectivity index (χ4v) is 2.19. The number of para-hydroxylation sites is 2. The van der Waals surface area contributed by atoms with E-state index in [9.17, 15) is 0 Å². The van der Waals surface area contributed by atoms with Gasteiger partial charge in [-0.15, -0.1) is 0 Å². The van der Waals surface area contributed by atoms with Crippen LogP contribution in [0.3, 0.4) is 0 Å². The van der Waals surface area contributed by atoms with Gasteiger partial charge in [-0.1, -0.05) is 12.1 Å². The molecule has 4 heteroatoms. The SMILES string of the molecule is NC[C@H]1CCN(c2nc3ccccc3o2)C1. The summed E-state index contributed by atoms with van der Waals surface area (Å²) in [5.41, 5.74) is 7.45. The standard InChI is InChI=1S/C12H15N3O/c13-7-9-5-6-15(8-9)12-14-10-3-1-2-4-11(10)16-12/h1-4,9H,5-8,13H2/t9-/m1/s1. The van der Waals surface area contributed by atoms with E-state index in [-0.39, 0.29) is 0 Å². The Morgan fingerprint density at radius 2 is 2.31 bits per heavy atom. The lowest BCUT2D eigenvalue weighted by Crippen LogP contribution is -2.22. The second kappa shape index (κ2) is 3.79. The van der Waals surface area contributed by atoms with Crippen LogP contribution in [-0.2, 0) is 0 Å². The van der Waals surface area contributed by atoms with Crippen LogP contribution in [0.15, 0.2) is 28.7 Å². The molecule has 1 saturated heterocycles. The second-order valence-corrected chi connectivity index (χ2v) is 4.30. The fraction of sp³-hybridized carbons (Fsp3) is 0.417. The van der Waals surface area contributed by atoms with Crippen molar-refractivity contribution in [2.24, 2.45) is 11.7 Å². The van der Waals surface area contributed by atoms with Gasteiger partial charge in [-0.3, -0.25) is 0 Å². The molecule has 3 rings (SSSR count). The summed E-state index contributed by atoms with van der Waals surface area (Å²) >= 11 is 0. The maximum atomic E-state index is 5.72. The van der Waals surface area contributed by atoms with E-state index in [2.05, 4.69) is 9.88 Å². The average Bonchev–Trinajstić information content (AvgIpc) is 2.95. The zero-order chi connectivity index (χ0) is 11.0. The lowest BCUT2D eigenvalue weighted by Gasteiger charge is -2.12. The maximum absolute atomic E-state index is 5.72. The summed E-state index contributed by atoms with van der Waals surface area (Å²) in [6.07, 6.45) is 1.13. The maximum Gasteiger partial charge on any atom is 0.298 e. The Kier molecular flexibility index (Phi) is 2.29. The van der Waals surface area contributed by atoms with Crippen molar-refractivity contribution in [3.8, 4) is 0 Å². The molecule has 4 nitrogen and oxygen atoms in total. The first-order chi connectivity index (χ1) is 7.86. The monoisotopic (exact) mass is 217 g/mol. The zero-order valence-corrected chi connectivity index (χ0v) is 9.10. The fourth-order valence-electron chi connectivity index (χ4n) is 2.19. The number of hydrogen-bond acceptors (Lipinski definition) is 4. The van der Waals surface area contributed by atoms with Gasteiger partial charge in [0.1, 0.15) is 5.52 Å². The molecule has 0 radical (unpaired) electrons. The van der Waals surface area contributed by atoms with Gasteiger partial charge < -0.3 is 15.1 Å². The van der Waals surface area contributed by atoms with Gasteiger partial charge in [-0.2, -0.15) is 4.98 Å². The highest BCUT2D eigenvalue weighted by atomic mass is 16.4. The van der Waals surface area contributed by atoms with Crippen molar-refractivity contribution in [3.63, 3.8) is 0 Å². The number of hydrogen-bond donors (Lipinski definition) is 1. The van der Waals surface area contributed by atoms with E-state index in [1.165, 1.54) is 0 Å². The van der Waals surface area contributed by atoms with Gasteiger partial charge >= 0.3 is 0 Å². The predicted molar refractivity (Wildman–Crippen MR) is 63.4 cm³/mol. The molecular formula is C12H15N3O. The van der Waals surface area contributed by atoms with Crippen molar-refractivity contribution in [1.82, 2.24) is 4.98 Å². The minimum atomic E-state index is 0.579. The first kappa shape index (κ1) is 9.66. The van der Waals surface area contributed by atoms with Gasteiger partial charge in [0, 0.05) is 13.1 Å². The molecule has 0 amide bonds. The molecule has 1 aliphatic rings. The van der Waals surface area contributed by atoms with Crippen LogP contribution < -0.4 is 10.6 Å². The van der Waals surface area contributed by atoms with Crippen LogP contribution >= 0.6 is 0 Å². The Morgan fingerprint density at radius 1 is 1.44 bits per heavy atom. The number of aromatic nitrogens is 1. The van der Waals surface area contributed by atoms with Crippen molar-refractivity contribution < 1.29 is 4.42 Å². The molecule has 0 unspecified atom stereocenters. The number of fused-ring (bicyclic) bond motifs is 1. The quantitative estimate of drug-likeness (QED) is 0.830. The minimum absolute atomic E-state index is 0.579. The molecule has 1 aromatic carbocycles. The van der Waals surface area contributed by atoms with E-state index in [0.29, 0.717) is 5.92 Å². The molecule has 1 fully saturated rings. The molecule has 84 valence electrons. The van der Waals surface area contributed by atoms with Crippen LogP contribution in [0, 0.1) is 5.92 Å². The third-order valence-corrected chi connectivity index (χ3v) is 3.17.